The fourth-order valence-corrected chi connectivity index (χ4v) is 2.68. The molecule has 2 N–H and O–H groups in total. The van der Waals surface area contributed by atoms with Crippen molar-refractivity contribution in [2.45, 2.75) is 32.4 Å². The zero-order chi connectivity index (χ0) is 16.7. The smallest absolute Gasteiger partial charge is 0.409 e. The lowest BCUT2D eigenvalue weighted by atomic mass is 10.1. The molecular weight excluding hydrogens is 318 g/mol. The molecule has 0 saturated carbocycles. The fraction of sp³-hybridized carbons (Fsp3) is 0.500. The Morgan fingerprint density at radius 2 is 2.00 bits per heavy atom. The average molecular weight is 340 g/mol. The molecule has 0 atom stereocenters. The summed E-state index contributed by atoms with van der Waals surface area (Å²) in [7, 11) is 0. The lowest BCUT2D eigenvalue weighted by Gasteiger charge is -2.31. The summed E-state index contributed by atoms with van der Waals surface area (Å²) in [5, 5.41) is 6.36. The van der Waals surface area contributed by atoms with Crippen molar-refractivity contribution in [1.29, 1.82) is 0 Å². The van der Waals surface area contributed by atoms with Gasteiger partial charge in [0.15, 0.2) is 0 Å². The molecule has 0 spiro atoms. The predicted octanol–water partition coefficient (Wildman–Crippen LogP) is 2.76. The van der Waals surface area contributed by atoms with Gasteiger partial charge in [-0.15, -0.1) is 0 Å². The van der Waals surface area contributed by atoms with Crippen molar-refractivity contribution < 1.29 is 14.3 Å². The quantitative estimate of drug-likeness (QED) is 0.886. The molecular formula is C16H22ClN3O3. The van der Waals surface area contributed by atoms with E-state index in [1.54, 1.807) is 17.9 Å². The Bertz CT molecular complexity index is 545. The third kappa shape index (κ3) is 5.32. The minimum absolute atomic E-state index is 0.0620. The molecule has 1 aliphatic rings. The first-order chi connectivity index (χ1) is 11.1. The van der Waals surface area contributed by atoms with Crippen LogP contribution in [0.1, 0.15) is 25.3 Å². The summed E-state index contributed by atoms with van der Waals surface area (Å²) in [6.45, 7) is 3.73. The number of halogens is 1. The van der Waals surface area contributed by atoms with Gasteiger partial charge in [-0.2, -0.15) is 0 Å². The largest absolute Gasteiger partial charge is 0.450 e. The van der Waals surface area contributed by atoms with Gasteiger partial charge in [0, 0.05) is 30.7 Å². The lowest BCUT2D eigenvalue weighted by molar-refractivity contribution is 0.0957. The summed E-state index contributed by atoms with van der Waals surface area (Å²) >= 11 is 6.05. The van der Waals surface area contributed by atoms with E-state index in [0.29, 0.717) is 31.3 Å². The van der Waals surface area contributed by atoms with Gasteiger partial charge in [-0.05, 0) is 31.4 Å². The number of hydrogen-bond acceptors (Lipinski definition) is 3. The van der Waals surface area contributed by atoms with Crippen LogP contribution in [0, 0.1) is 0 Å². The Morgan fingerprint density at radius 3 is 2.65 bits per heavy atom. The molecule has 0 aromatic heterocycles. The standard InChI is InChI=1S/C16H22ClN3O3/c1-2-23-16(22)20-9-7-13(8-10-20)19-15(21)18-11-12-5-3-4-6-14(12)17/h3-6,13H,2,7-11H2,1H3,(H2,18,19,21). The number of rotatable bonds is 4. The SMILES string of the molecule is CCOC(=O)N1CCC(NC(=O)NCc2ccccc2Cl)CC1. The predicted molar refractivity (Wildman–Crippen MR) is 88.4 cm³/mol. The maximum Gasteiger partial charge on any atom is 0.409 e. The van der Waals surface area contributed by atoms with Crippen molar-refractivity contribution in [3.8, 4) is 0 Å². The number of ether oxygens (including phenoxy) is 1. The number of amides is 3. The number of nitrogens with one attached hydrogen (secondary N) is 2. The number of hydrogen-bond donors (Lipinski definition) is 2. The molecule has 1 saturated heterocycles. The molecule has 7 heteroatoms. The normalized spacial score (nSPS) is 15.1. The van der Waals surface area contributed by atoms with Crippen LogP contribution in [0.3, 0.4) is 0 Å². The summed E-state index contributed by atoms with van der Waals surface area (Å²) in [6, 6.07) is 7.24. The van der Waals surface area contributed by atoms with Gasteiger partial charge in [0.2, 0.25) is 0 Å². The van der Waals surface area contributed by atoms with Crippen molar-refractivity contribution in [2.75, 3.05) is 19.7 Å². The monoisotopic (exact) mass is 339 g/mol. The third-order valence-corrected chi connectivity index (χ3v) is 4.12. The van der Waals surface area contributed by atoms with E-state index in [-0.39, 0.29) is 18.2 Å². The Balaban J connectivity index is 1.71. The van der Waals surface area contributed by atoms with Crippen LogP contribution in [0.4, 0.5) is 9.59 Å². The highest BCUT2D eigenvalue weighted by Crippen LogP contribution is 2.14. The van der Waals surface area contributed by atoms with E-state index >= 15 is 0 Å². The van der Waals surface area contributed by atoms with Crippen LogP contribution in [0.25, 0.3) is 0 Å². The summed E-state index contributed by atoms with van der Waals surface area (Å²) in [4.78, 5) is 25.2. The Hall–Kier alpha value is -1.95. The second-order valence-corrected chi connectivity index (χ2v) is 5.79. The first kappa shape index (κ1) is 17.4. The van der Waals surface area contributed by atoms with Crippen LogP contribution in [-0.4, -0.2) is 42.8 Å². The topological polar surface area (TPSA) is 70.7 Å². The summed E-state index contributed by atoms with van der Waals surface area (Å²) in [6.07, 6.45) is 1.16. The van der Waals surface area contributed by atoms with E-state index in [9.17, 15) is 9.59 Å². The summed E-state index contributed by atoms with van der Waals surface area (Å²) in [5.74, 6) is 0. The first-order valence-electron chi connectivity index (χ1n) is 7.79. The molecule has 1 aromatic carbocycles. The zero-order valence-corrected chi connectivity index (χ0v) is 13.9. The number of carbonyl (C=O) groups excluding carboxylic acids is 2. The van der Waals surface area contributed by atoms with Crippen LogP contribution < -0.4 is 10.6 Å². The highest BCUT2D eigenvalue weighted by Gasteiger charge is 2.24. The fourth-order valence-electron chi connectivity index (χ4n) is 2.47. The van der Waals surface area contributed by atoms with E-state index < -0.39 is 0 Å². The molecule has 0 unspecified atom stereocenters. The van der Waals surface area contributed by atoms with Crippen molar-refractivity contribution >= 4 is 23.7 Å². The molecule has 2 rings (SSSR count). The van der Waals surface area contributed by atoms with Crippen LogP contribution >= 0.6 is 11.6 Å². The molecule has 126 valence electrons. The number of piperidine rings is 1. The van der Waals surface area contributed by atoms with Gasteiger partial charge in [-0.3, -0.25) is 0 Å². The van der Waals surface area contributed by atoms with E-state index in [1.165, 1.54) is 0 Å². The van der Waals surface area contributed by atoms with Crippen LogP contribution in [0.5, 0.6) is 0 Å². The molecule has 3 amide bonds. The molecule has 0 aliphatic carbocycles. The van der Waals surface area contributed by atoms with Gasteiger partial charge in [0.25, 0.3) is 0 Å². The molecule has 1 heterocycles. The molecule has 1 fully saturated rings. The van der Waals surface area contributed by atoms with E-state index in [1.807, 2.05) is 18.2 Å². The van der Waals surface area contributed by atoms with Gasteiger partial charge in [-0.25, -0.2) is 9.59 Å². The minimum atomic E-state index is -0.283. The molecule has 0 bridgehead atoms. The minimum Gasteiger partial charge on any atom is -0.450 e. The second-order valence-electron chi connectivity index (χ2n) is 5.38. The highest BCUT2D eigenvalue weighted by molar-refractivity contribution is 6.31. The first-order valence-corrected chi connectivity index (χ1v) is 8.17. The number of nitrogens with zero attached hydrogens (tertiary/aromatic N) is 1. The maximum atomic E-state index is 11.9. The molecule has 0 radical (unpaired) electrons. The van der Waals surface area contributed by atoms with Crippen molar-refractivity contribution in [2.24, 2.45) is 0 Å². The van der Waals surface area contributed by atoms with Gasteiger partial charge in [-0.1, -0.05) is 29.8 Å². The number of benzene rings is 1. The van der Waals surface area contributed by atoms with Crippen molar-refractivity contribution in [3.05, 3.63) is 34.9 Å². The summed E-state index contributed by atoms with van der Waals surface area (Å²) in [5.41, 5.74) is 0.876. The van der Waals surface area contributed by atoms with Gasteiger partial charge in [0.05, 0.1) is 6.61 Å². The van der Waals surface area contributed by atoms with Crippen molar-refractivity contribution in [1.82, 2.24) is 15.5 Å². The Morgan fingerprint density at radius 1 is 1.30 bits per heavy atom. The van der Waals surface area contributed by atoms with Gasteiger partial charge >= 0.3 is 12.1 Å². The van der Waals surface area contributed by atoms with Gasteiger partial charge < -0.3 is 20.3 Å². The van der Waals surface area contributed by atoms with Crippen LogP contribution in [-0.2, 0) is 11.3 Å². The van der Waals surface area contributed by atoms with E-state index in [0.717, 1.165) is 18.4 Å². The lowest BCUT2D eigenvalue weighted by Crippen LogP contribution is -2.49. The van der Waals surface area contributed by atoms with E-state index in [4.69, 9.17) is 16.3 Å². The average Bonchev–Trinajstić information content (AvgIpc) is 2.55. The maximum absolute atomic E-state index is 11.9. The second kappa shape index (κ2) is 8.62. The van der Waals surface area contributed by atoms with Crippen LogP contribution in [0.15, 0.2) is 24.3 Å². The number of urea groups is 1. The zero-order valence-electron chi connectivity index (χ0n) is 13.2. The van der Waals surface area contributed by atoms with Crippen molar-refractivity contribution in [3.63, 3.8) is 0 Å². The van der Waals surface area contributed by atoms with Crippen LogP contribution in [0.2, 0.25) is 5.02 Å². The molecule has 1 aromatic rings. The molecule has 1 aliphatic heterocycles. The Labute approximate surface area is 141 Å². The van der Waals surface area contributed by atoms with Gasteiger partial charge in [0.1, 0.15) is 0 Å². The Kier molecular flexibility index (Phi) is 6.52. The highest BCUT2D eigenvalue weighted by atomic mass is 35.5. The van der Waals surface area contributed by atoms with E-state index in [2.05, 4.69) is 10.6 Å². The third-order valence-electron chi connectivity index (χ3n) is 3.75. The molecule has 6 nitrogen and oxygen atoms in total. The number of likely N-dealkylation sites (tertiary alicyclic amines) is 1. The number of carbonyl (C=O) groups is 2. The molecule has 23 heavy (non-hydrogen) atoms. The summed E-state index contributed by atoms with van der Waals surface area (Å²) < 4.78 is 4.97.